The highest BCUT2D eigenvalue weighted by molar-refractivity contribution is 7.98. The summed E-state index contributed by atoms with van der Waals surface area (Å²) < 4.78 is 39.6. The lowest BCUT2D eigenvalue weighted by Gasteiger charge is -2.36. The molecule has 1 N–H and O–H groups in total. The van der Waals surface area contributed by atoms with Crippen LogP contribution < -0.4 is 10.2 Å². The zero-order valence-electron chi connectivity index (χ0n) is 19.7. The molecule has 0 radical (unpaired) electrons. The third-order valence-electron chi connectivity index (χ3n) is 6.02. The Hall–Kier alpha value is -3.27. The molecular formula is C25H26F3N5OS. The SMILES string of the molecule is CSc1ccc(NC(=O)N2CCN(c3nc(-c4cccc(C(F)(F)F)c4)nc(C)c3C)CC2)cc1. The fraction of sp³-hybridized carbons (Fsp3) is 0.320. The fourth-order valence-electron chi connectivity index (χ4n) is 3.88. The van der Waals surface area contributed by atoms with Gasteiger partial charge in [0.05, 0.1) is 5.56 Å². The number of aryl methyl sites for hydroxylation is 1. The zero-order chi connectivity index (χ0) is 25.2. The number of urea groups is 1. The molecule has 1 aliphatic heterocycles. The Morgan fingerprint density at radius 2 is 1.69 bits per heavy atom. The number of halogens is 3. The first-order valence-electron chi connectivity index (χ1n) is 11.1. The number of thioether (sulfide) groups is 1. The molecule has 1 fully saturated rings. The third-order valence-corrected chi connectivity index (χ3v) is 6.76. The van der Waals surface area contributed by atoms with Crippen LogP contribution in [0.5, 0.6) is 0 Å². The molecule has 2 amide bonds. The van der Waals surface area contributed by atoms with Crippen molar-refractivity contribution in [3.8, 4) is 11.4 Å². The quantitative estimate of drug-likeness (QED) is 0.454. The van der Waals surface area contributed by atoms with Crippen LogP contribution in [0.3, 0.4) is 0 Å². The van der Waals surface area contributed by atoms with Gasteiger partial charge in [0.25, 0.3) is 0 Å². The van der Waals surface area contributed by atoms with Crippen molar-refractivity contribution in [1.82, 2.24) is 14.9 Å². The lowest BCUT2D eigenvalue weighted by atomic mass is 10.1. The van der Waals surface area contributed by atoms with Crippen molar-refractivity contribution in [1.29, 1.82) is 0 Å². The molecule has 184 valence electrons. The van der Waals surface area contributed by atoms with Gasteiger partial charge in [0.1, 0.15) is 5.82 Å². The van der Waals surface area contributed by atoms with Gasteiger partial charge in [-0.05, 0) is 56.5 Å². The molecule has 0 bridgehead atoms. The van der Waals surface area contributed by atoms with E-state index >= 15 is 0 Å². The van der Waals surface area contributed by atoms with Crippen LogP contribution in [0.25, 0.3) is 11.4 Å². The maximum absolute atomic E-state index is 13.2. The first-order chi connectivity index (χ1) is 16.7. The van der Waals surface area contributed by atoms with E-state index in [1.165, 1.54) is 6.07 Å². The van der Waals surface area contributed by atoms with Crippen LogP contribution in [0, 0.1) is 13.8 Å². The molecule has 0 atom stereocenters. The highest BCUT2D eigenvalue weighted by atomic mass is 32.2. The number of hydrogen-bond donors (Lipinski definition) is 1. The number of benzene rings is 2. The minimum absolute atomic E-state index is 0.165. The van der Waals surface area contributed by atoms with Crippen molar-refractivity contribution in [2.45, 2.75) is 24.9 Å². The summed E-state index contributed by atoms with van der Waals surface area (Å²) in [5, 5.41) is 2.93. The number of aromatic nitrogens is 2. The predicted octanol–water partition coefficient (Wildman–Crippen LogP) is 5.86. The number of piperazine rings is 1. The van der Waals surface area contributed by atoms with Gasteiger partial charge in [-0.15, -0.1) is 11.8 Å². The molecule has 1 saturated heterocycles. The molecule has 2 aromatic carbocycles. The van der Waals surface area contributed by atoms with Crippen molar-refractivity contribution in [2.24, 2.45) is 0 Å². The number of alkyl halides is 3. The van der Waals surface area contributed by atoms with Crippen LogP contribution in [0.2, 0.25) is 0 Å². The van der Waals surface area contributed by atoms with Crippen molar-refractivity contribution >= 4 is 29.3 Å². The molecule has 1 aliphatic rings. The lowest BCUT2D eigenvalue weighted by Crippen LogP contribution is -2.50. The summed E-state index contributed by atoms with van der Waals surface area (Å²) in [6.45, 7) is 5.82. The van der Waals surface area contributed by atoms with Gasteiger partial charge in [0.15, 0.2) is 5.82 Å². The van der Waals surface area contributed by atoms with Crippen LogP contribution in [0.1, 0.15) is 16.8 Å². The molecular weight excluding hydrogens is 475 g/mol. The van der Waals surface area contributed by atoms with Crippen molar-refractivity contribution in [3.63, 3.8) is 0 Å². The second-order valence-electron chi connectivity index (χ2n) is 8.29. The second kappa shape index (κ2) is 10.2. The second-order valence-corrected chi connectivity index (χ2v) is 9.17. The Bertz CT molecular complexity index is 1210. The minimum atomic E-state index is -4.44. The number of amides is 2. The largest absolute Gasteiger partial charge is 0.416 e. The summed E-state index contributed by atoms with van der Waals surface area (Å²) in [6.07, 6.45) is -2.44. The van der Waals surface area contributed by atoms with Crippen molar-refractivity contribution < 1.29 is 18.0 Å². The van der Waals surface area contributed by atoms with E-state index in [1.54, 1.807) is 22.7 Å². The van der Waals surface area contributed by atoms with Gasteiger partial charge in [-0.2, -0.15) is 13.2 Å². The molecule has 1 aromatic heterocycles. The van der Waals surface area contributed by atoms with Gasteiger partial charge in [0.2, 0.25) is 0 Å². The van der Waals surface area contributed by atoms with E-state index in [-0.39, 0.29) is 11.9 Å². The standard InChI is InChI=1S/C25H26F3N5OS/c1-16-17(2)29-22(18-5-4-6-19(15-18)25(26,27)28)31-23(16)32-11-13-33(14-12-32)24(34)30-20-7-9-21(35-3)10-8-20/h4-10,15H,11-14H2,1-3H3,(H,30,34). The van der Waals surface area contributed by atoms with E-state index in [0.29, 0.717) is 43.3 Å². The summed E-state index contributed by atoms with van der Waals surface area (Å²) in [5.41, 5.74) is 1.89. The summed E-state index contributed by atoms with van der Waals surface area (Å²) in [5.74, 6) is 0.931. The topological polar surface area (TPSA) is 61.4 Å². The van der Waals surface area contributed by atoms with E-state index in [0.717, 1.165) is 28.3 Å². The molecule has 10 heteroatoms. The van der Waals surface area contributed by atoms with E-state index in [4.69, 9.17) is 0 Å². The molecule has 0 unspecified atom stereocenters. The molecule has 3 aromatic rings. The number of nitrogens with one attached hydrogen (secondary N) is 1. The molecule has 6 nitrogen and oxygen atoms in total. The van der Waals surface area contributed by atoms with Gasteiger partial charge in [-0.1, -0.05) is 12.1 Å². The average molecular weight is 502 g/mol. The molecule has 35 heavy (non-hydrogen) atoms. The average Bonchev–Trinajstić information content (AvgIpc) is 2.85. The number of carbonyl (C=O) groups is 1. The molecule has 0 saturated carbocycles. The van der Waals surface area contributed by atoms with Crippen molar-refractivity contribution in [3.05, 3.63) is 65.4 Å². The van der Waals surface area contributed by atoms with Gasteiger partial charge in [-0.3, -0.25) is 0 Å². The van der Waals surface area contributed by atoms with E-state index in [2.05, 4.69) is 20.2 Å². The first kappa shape index (κ1) is 24.8. The summed E-state index contributed by atoms with van der Waals surface area (Å²) in [6, 6.07) is 12.6. The molecule has 4 rings (SSSR count). The van der Waals surface area contributed by atoms with E-state index < -0.39 is 11.7 Å². The number of hydrogen-bond acceptors (Lipinski definition) is 5. The number of rotatable bonds is 4. The fourth-order valence-corrected chi connectivity index (χ4v) is 4.29. The highest BCUT2D eigenvalue weighted by Crippen LogP contribution is 2.32. The van der Waals surface area contributed by atoms with E-state index in [1.807, 2.05) is 44.4 Å². The molecule has 0 spiro atoms. The van der Waals surface area contributed by atoms with E-state index in [9.17, 15) is 18.0 Å². The van der Waals surface area contributed by atoms with Crippen LogP contribution in [-0.2, 0) is 6.18 Å². The van der Waals surface area contributed by atoms with Crippen LogP contribution in [-0.4, -0.2) is 53.3 Å². The first-order valence-corrected chi connectivity index (χ1v) is 12.4. The zero-order valence-corrected chi connectivity index (χ0v) is 20.5. The van der Waals surface area contributed by atoms with Crippen LogP contribution in [0.15, 0.2) is 53.4 Å². The summed E-state index contributed by atoms with van der Waals surface area (Å²) in [4.78, 5) is 26.7. The van der Waals surface area contributed by atoms with Gasteiger partial charge < -0.3 is 15.1 Å². The minimum Gasteiger partial charge on any atom is -0.353 e. The Balaban J connectivity index is 1.47. The number of anilines is 2. The van der Waals surface area contributed by atoms with Gasteiger partial charge in [0, 0.05) is 53.6 Å². The Morgan fingerprint density at radius 3 is 2.31 bits per heavy atom. The number of nitrogens with zero attached hydrogens (tertiary/aromatic N) is 4. The van der Waals surface area contributed by atoms with Crippen LogP contribution in [0.4, 0.5) is 29.5 Å². The smallest absolute Gasteiger partial charge is 0.353 e. The Morgan fingerprint density at radius 1 is 1.00 bits per heavy atom. The summed E-state index contributed by atoms with van der Waals surface area (Å²) >= 11 is 1.64. The van der Waals surface area contributed by atoms with Gasteiger partial charge >= 0.3 is 12.2 Å². The number of carbonyl (C=O) groups excluding carboxylic acids is 1. The summed E-state index contributed by atoms with van der Waals surface area (Å²) in [7, 11) is 0. The maximum Gasteiger partial charge on any atom is 0.416 e. The van der Waals surface area contributed by atoms with Crippen molar-refractivity contribution in [2.75, 3.05) is 42.7 Å². The molecule has 2 heterocycles. The lowest BCUT2D eigenvalue weighted by molar-refractivity contribution is -0.137. The normalized spacial score (nSPS) is 14.2. The predicted molar refractivity (Wildman–Crippen MR) is 133 cm³/mol. The monoisotopic (exact) mass is 501 g/mol. The Kier molecular flexibility index (Phi) is 7.20. The van der Waals surface area contributed by atoms with Gasteiger partial charge in [-0.25, -0.2) is 14.8 Å². The Labute approximate surface area is 206 Å². The third kappa shape index (κ3) is 5.70. The van der Waals surface area contributed by atoms with Crippen LogP contribution >= 0.6 is 11.8 Å². The molecule has 0 aliphatic carbocycles. The maximum atomic E-state index is 13.2. The highest BCUT2D eigenvalue weighted by Gasteiger charge is 2.31.